The van der Waals surface area contributed by atoms with Gasteiger partial charge in [-0.05, 0) is 18.1 Å². The average molecular weight is 406 g/mol. The Balaban J connectivity index is 2.08. The van der Waals surface area contributed by atoms with Crippen molar-refractivity contribution < 1.29 is 13.2 Å². The largest absolute Gasteiger partial charge is 0.416 e. The molecule has 0 aliphatic rings. The van der Waals surface area contributed by atoms with Crippen LogP contribution in [0.25, 0.3) is 22.6 Å². The molecular formula is C21H19ClF3N3. The van der Waals surface area contributed by atoms with Gasteiger partial charge in [0.2, 0.25) is 0 Å². The zero-order valence-corrected chi connectivity index (χ0v) is 16.1. The second-order valence-corrected chi connectivity index (χ2v) is 7.15. The Kier molecular flexibility index (Phi) is 5.89. The number of alkyl halides is 3. The molecule has 1 aromatic heterocycles. The first-order valence-electron chi connectivity index (χ1n) is 8.80. The highest BCUT2D eigenvalue weighted by Crippen LogP contribution is 2.35. The van der Waals surface area contributed by atoms with E-state index in [2.05, 4.69) is 29.1 Å². The van der Waals surface area contributed by atoms with E-state index in [1.807, 2.05) is 30.3 Å². The van der Waals surface area contributed by atoms with Crippen molar-refractivity contribution in [3.05, 3.63) is 65.2 Å². The lowest BCUT2D eigenvalue weighted by Crippen LogP contribution is -2.11. The van der Waals surface area contributed by atoms with Gasteiger partial charge in [0.1, 0.15) is 10.8 Å². The molecule has 0 radical (unpaired) electrons. The fraction of sp³-hybridized carbons (Fsp3) is 0.238. The summed E-state index contributed by atoms with van der Waals surface area (Å²) < 4.78 is 38.5. The summed E-state index contributed by atoms with van der Waals surface area (Å²) >= 11 is 6.54. The first-order valence-corrected chi connectivity index (χ1v) is 9.18. The van der Waals surface area contributed by atoms with E-state index < -0.39 is 11.7 Å². The van der Waals surface area contributed by atoms with Crippen LogP contribution in [-0.4, -0.2) is 16.5 Å². The van der Waals surface area contributed by atoms with Crippen LogP contribution in [0.15, 0.2) is 54.6 Å². The van der Waals surface area contributed by atoms with E-state index in [1.165, 1.54) is 12.1 Å². The molecule has 0 fully saturated rings. The van der Waals surface area contributed by atoms with E-state index in [1.54, 1.807) is 0 Å². The first kappa shape index (κ1) is 20.1. The normalized spacial score (nSPS) is 11.7. The summed E-state index contributed by atoms with van der Waals surface area (Å²) in [4.78, 5) is 8.99. The van der Waals surface area contributed by atoms with Crippen LogP contribution in [0.3, 0.4) is 0 Å². The van der Waals surface area contributed by atoms with Gasteiger partial charge in [-0.2, -0.15) is 13.2 Å². The van der Waals surface area contributed by atoms with Crippen molar-refractivity contribution in [1.82, 2.24) is 9.97 Å². The molecule has 0 aliphatic carbocycles. The van der Waals surface area contributed by atoms with Gasteiger partial charge >= 0.3 is 6.18 Å². The summed E-state index contributed by atoms with van der Waals surface area (Å²) in [6.07, 6.45) is -4.39. The number of nitrogens with zero attached hydrogens (tertiary/aromatic N) is 2. The third kappa shape index (κ3) is 4.62. The van der Waals surface area contributed by atoms with E-state index in [0.29, 0.717) is 40.4 Å². The molecule has 28 heavy (non-hydrogen) atoms. The lowest BCUT2D eigenvalue weighted by Gasteiger charge is -2.15. The van der Waals surface area contributed by atoms with E-state index in [0.717, 1.165) is 17.7 Å². The van der Waals surface area contributed by atoms with E-state index in [-0.39, 0.29) is 0 Å². The first-order chi connectivity index (χ1) is 13.3. The van der Waals surface area contributed by atoms with Crippen LogP contribution in [0.5, 0.6) is 0 Å². The van der Waals surface area contributed by atoms with Crippen LogP contribution in [0.4, 0.5) is 19.0 Å². The van der Waals surface area contributed by atoms with Crippen molar-refractivity contribution in [2.45, 2.75) is 20.0 Å². The molecule has 0 spiro atoms. The lowest BCUT2D eigenvalue weighted by atomic mass is 10.1. The second kappa shape index (κ2) is 8.19. The molecule has 0 atom stereocenters. The summed E-state index contributed by atoms with van der Waals surface area (Å²) in [5.74, 6) is 1.13. The van der Waals surface area contributed by atoms with Crippen LogP contribution in [-0.2, 0) is 6.18 Å². The van der Waals surface area contributed by atoms with Gasteiger partial charge in [0.25, 0.3) is 0 Å². The summed E-state index contributed by atoms with van der Waals surface area (Å²) in [6, 6.07) is 14.1. The number of anilines is 1. The number of halogens is 4. The van der Waals surface area contributed by atoms with Gasteiger partial charge in [-0.1, -0.05) is 67.9 Å². The highest BCUT2D eigenvalue weighted by molar-refractivity contribution is 6.35. The average Bonchev–Trinajstić information content (AvgIpc) is 2.67. The molecule has 0 saturated heterocycles. The summed E-state index contributed by atoms with van der Waals surface area (Å²) in [7, 11) is 0. The van der Waals surface area contributed by atoms with Crippen molar-refractivity contribution in [2.75, 3.05) is 11.9 Å². The topological polar surface area (TPSA) is 37.8 Å². The third-order valence-electron chi connectivity index (χ3n) is 4.05. The summed E-state index contributed by atoms with van der Waals surface area (Å²) in [5.41, 5.74) is 1.09. The molecule has 0 saturated carbocycles. The predicted molar refractivity (Wildman–Crippen MR) is 106 cm³/mol. The highest BCUT2D eigenvalue weighted by Gasteiger charge is 2.30. The van der Waals surface area contributed by atoms with E-state index in [9.17, 15) is 13.2 Å². The molecule has 2 aromatic carbocycles. The zero-order valence-electron chi connectivity index (χ0n) is 15.4. The Morgan fingerprint density at radius 2 is 1.57 bits per heavy atom. The maximum absolute atomic E-state index is 12.8. The Morgan fingerprint density at radius 3 is 2.14 bits per heavy atom. The molecule has 3 rings (SSSR count). The van der Waals surface area contributed by atoms with Gasteiger partial charge in [-0.15, -0.1) is 0 Å². The van der Waals surface area contributed by atoms with Crippen LogP contribution in [0.1, 0.15) is 19.4 Å². The second-order valence-electron chi connectivity index (χ2n) is 6.77. The Hall–Kier alpha value is -2.60. The van der Waals surface area contributed by atoms with Gasteiger partial charge in [0, 0.05) is 17.7 Å². The van der Waals surface area contributed by atoms with E-state index >= 15 is 0 Å². The fourth-order valence-electron chi connectivity index (χ4n) is 2.59. The van der Waals surface area contributed by atoms with Crippen molar-refractivity contribution in [2.24, 2.45) is 5.92 Å². The number of hydrogen-bond acceptors (Lipinski definition) is 3. The van der Waals surface area contributed by atoms with Crippen molar-refractivity contribution in [1.29, 1.82) is 0 Å². The number of benzene rings is 2. The van der Waals surface area contributed by atoms with Crippen molar-refractivity contribution in [3.63, 3.8) is 0 Å². The molecule has 3 aromatic rings. The van der Waals surface area contributed by atoms with Gasteiger partial charge < -0.3 is 5.32 Å². The maximum atomic E-state index is 12.8. The molecule has 3 nitrogen and oxygen atoms in total. The maximum Gasteiger partial charge on any atom is 0.416 e. The van der Waals surface area contributed by atoms with Gasteiger partial charge in [-0.3, -0.25) is 0 Å². The monoisotopic (exact) mass is 405 g/mol. The van der Waals surface area contributed by atoms with Crippen LogP contribution in [0, 0.1) is 5.92 Å². The third-order valence-corrected chi connectivity index (χ3v) is 4.40. The van der Waals surface area contributed by atoms with Gasteiger partial charge in [-0.25, -0.2) is 9.97 Å². The lowest BCUT2D eigenvalue weighted by molar-refractivity contribution is -0.137. The molecule has 1 heterocycles. The van der Waals surface area contributed by atoms with Crippen LogP contribution >= 0.6 is 11.6 Å². The van der Waals surface area contributed by atoms with Crippen LogP contribution in [0.2, 0.25) is 5.02 Å². The smallest absolute Gasteiger partial charge is 0.368 e. The quantitative estimate of drug-likeness (QED) is 0.523. The Bertz CT molecular complexity index is 940. The number of hydrogen-bond donors (Lipinski definition) is 1. The minimum atomic E-state index is -4.39. The predicted octanol–water partition coefficient (Wildman–Crippen LogP) is 6.55. The van der Waals surface area contributed by atoms with Crippen LogP contribution < -0.4 is 5.32 Å². The molecular weight excluding hydrogens is 387 g/mol. The molecule has 0 aliphatic heterocycles. The molecule has 1 N–H and O–H groups in total. The minimum absolute atomic E-state index is 0.309. The standard InChI is InChI=1S/C21H19ClF3N3/c1-13(2)12-26-20-17(22)18(14-6-4-3-5-7-14)27-19(28-20)15-8-10-16(11-9-15)21(23,24)25/h3-11,13H,12H2,1-2H3,(H,26,27,28). The molecule has 7 heteroatoms. The van der Waals surface area contributed by atoms with Crippen molar-refractivity contribution >= 4 is 17.4 Å². The Morgan fingerprint density at radius 1 is 0.929 bits per heavy atom. The number of aromatic nitrogens is 2. The SMILES string of the molecule is CC(C)CNc1nc(-c2ccc(C(F)(F)F)cc2)nc(-c2ccccc2)c1Cl. The molecule has 146 valence electrons. The van der Waals surface area contributed by atoms with Gasteiger partial charge in [0.15, 0.2) is 5.82 Å². The Labute approximate surface area is 166 Å². The summed E-state index contributed by atoms with van der Waals surface area (Å²) in [6.45, 7) is 4.76. The van der Waals surface area contributed by atoms with Crippen molar-refractivity contribution in [3.8, 4) is 22.6 Å². The van der Waals surface area contributed by atoms with Gasteiger partial charge in [0.05, 0.1) is 11.3 Å². The highest BCUT2D eigenvalue weighted by atomic mass is 35.5. The minimum Gasteiger partial charge on any atom is -0.368 e. The fourth-order valence-corrected chi connectivity index (χ4v) is 2.85. The molecule has 0 unspecified atom stereocenters. The zero-order chi connectivity index (χ0) is 20.3. The summed E-state index contributed by atoms with van der Waals surface area (Å²) in [5, 5.41) is 3.58. The molecule has 0 bridgehead atoms. The molecule has 0 amide bonds. The van der Waals surface area contributed by atoms with E-state index in [4.69, 9.17) is 11.6 Å². The number of rotatable bonds is 5. The number of nitrogens with one attached hydrogen (secondary N) is 1.